The molecule has 0 aliphatic carbocycles. The number of oxazole rings is 1. The van der Waals surface area contributed by atoms with E-state index in [1.807, 2.05) is 25.1 Å². The van der Waals surface area contributed by atoms with Crippen molar-refractivity contribution in [2.45, 2.75) is 20.0 Å². The average molecular weight is 316 g/mol. The summed E-state index contributed by atoms with van der Waals surface area (Å²) in [6, 6.07) is 5.74. The molecule has 17 heavy (non-hydrogen) atoms. The summed E-state index contributed by atoms with van der Waals surface area (Å²) in [4.78, 5) is 4.12. The van der Waals surface area contributed by atoms with E-state index in [1.165, 1.54) is 0 Å². The fourth-order valence-corrected chi connectivity index (χ4v) is 2.28. The zero-order chi connectivity index (χ0) is 12.3. The zero-order valence-corrected chi connectivity index (χ0v) is 11.7. The van der Waals surface area contributed by atoms with Crippen LogP contribution in [0.25, 0.3) is 0 Å². The molecule has 1 aromatic heterocycles. The summed E-state index contributed by atoms with van der Waals surface area (Å²) in [6.07, 6.45) is 1.72. The number of nitrogens with one attached hydrogen (secondary N) is 1. The number of aromatic nitrogens is 1. The number of hydrogen-bond donors (Lipinski definition) is 1. The number of nitrogens with zero attached hydrogens (tertiary/aromatic N) is 1. The fraction of sp³-hybridized carbons (Fsp3) is 0.250. The van der Waals surface area contributed by atoms with Crippen molar-refractivity contribution in [3.8, 4) is 0 Å². The second-order valence-electron chi connectivity index (χ2n) is 3.70. The van der Waals surface area contributed by atoms with Gasteiger partial charge in [-0.2, -0.15) is 0 Å². The fourth-order valence-electron chi connectivity index (χ4n) is 1.45. The molecule has 0 aliphatic rings. The van der Waals surface area contributed by atoms with Crippen LogP contribution >= 0.6 is 27.5 Å². The van der Waals surface area contributed by atoms with Crippen LogP contribution in [0, 0.1) is 6.92 Å². The lowest BCUT2D eigenvalue weighted by atomic mass is 10.2. The molecule has 5 heteroatoms. The predicted molar refractivity (Wildman–Crippen MR) is 70.9 cm³/mol. The first-order valence-electron chi connectivity index (χ1n) is 5.21. The van der Waals surface area contributed by atoms with Crippen molar-refractivity contribution in [2.75, 3.05) is 0 Å². The first-order chi connectivity index (χ1) is 8.15. The van der Waals surface area contributed by atoms with Gasteiger partial charge in [-0.05, 0) is 24.6 Å². The maximum absolute atomic E-state index is 5.87. The molecule has 0 unspecified atom stereocenters. The molecule has 1 N–H and O–H groups in total. The first kappa shape index (κ1) is 12.6. The Morgan fingerprint density at radius 3 is 2.88 bits per heavy atom. The molecule has 0 fully saturated rings. The number of benzene rings is 1. The molecule has 1 heterocycles. The molecule has 0 saturated carbocycles. The van der Waals surface area contributed by atoms with Crippen molar-refractivity contribution < 1.29 is 4.42 Å². The van der Waals surface area contributed by atoms with Gasteiger partial charge in [-0.15, -0.1) is 0 Å². The van der Waals surface area contributed by atoms with Crippen molar-refractivity contribution in [2.24, 2.45) is 0 Å². The van der Waals surface area contributed by atoms with Gasteiger partial charge >= 0.3 is 0 Å². The molecule has 0 amide bonds. The van der Waals surface area contributed by atoms with Crippen LogP contribution in [0.1, 0.15) is 17.2 Å². The maximum atomic E-state index is 5.87. The van der Waals surface area contributed by atoms with Crippen molar-refractivity contribution >= 4 is 27.5 Å². The van der Waals surface area contributed by atoms with E-state index >= 15 is 0 Å². The van der Waals surface area contributed by atoms with Gasteiger partial charge in [0.15, 0.2) is 0 Å². The number of aryl methyl sites for hydroxylation is 1. The van der Waals surface area contributed by atoms with Crippen LogP contribution in [0.4, 0.5) is 0 Å². The third-order valence-corrected chi connectivity index (χ3v) is 3.25. The van der Waals surface area contributed by atoms with Crippen LogP contribution in [0.2, 0.25) is 5.02 Å². The molecule has 2 aromatic rings. The Hall–Kier alpha value is -0.840. The highest BCUT2D eigenvalue weighted by molar-refractivity contribution is 9.10. The van der Waals surface area contributed by atoms with Gasteiger partial charge in [-0.25, -0.2) is 4.98 Å². The summed E-state index contributed by atoms with van der Waals surface area (Å²) < 4.78 is 6.37. The average Bonchev–Trinajstić information content (AvgIpc) is 2.68. The Labute approximate surface area is 113 Å². The monoisotopic (exact) mass is 314 g/mol. The summed E-state index contributed by atoms with van der Waals surface area (Å²) in [5.74, 6) is 1.53. The van der Waals surface area contributed by atoms with Gasteiger partial charge in [0.05, 0.1) is 12.7 Å². The van der Waals surface area contributed by atoms with Crippen LogP contribution in [0.5, 0.6) is 0 Å². The van der Waals surface area contributed by atoms with Gasteiger partial charge in [0.2, 0.25) is 5.89 Å². The van der Waals surface area contributed by atoms with Crippen LogP contribution in [-0.2, 0) is 13.1 Å². The molecule has 0 radical (unpaired) electrons. The van der Waals surface area contributed by atoms with Crippen LogP contribution in [0.3, 0.4) is 0 Å². The molecule has 0 bridgehead atoms. The lowest BCUT2D eigenvalue weighted by Crippen LogP contribution is -2.13. The molecule has 0 atom stereocenters. The van der Waals surface area contributed by atoms with E-state index in [-0.39, 0.29) is 0 Å². The van der Waals surface area contributed by atoms with Gasteiger partial charge in [-0.1, -0.05) is 33.6 Å². The SMILES string of the molecule is Cc1cnc(CNCc2ccc(Cl)cc2Br)o1. The topological polar surface area (TPSA) is 38.1 Å². The molecule has 0 saturated heterocycles. The largest absolute Gasteiger partial charge is 0.445 e. The zero-order valence-electron chi connectivity index (χ0n) is 9.34. The highest BCUT2D eigenvalue weighted by atomic mass is 79.9. The van der Waals surface area contributed by atoms with Crippen molar-refractivity contribution in [1.29, 1.82) is 0 Å². The summed E-state index contributed by atoms with van der Waals surface area (Å²) in [7, 11) is 0. The molecule has 90 valence electrons. The maximum Gasteiger partial charge on any atom is 0.208 e. The second kappa shape index (κ2) is 5.67. The molecular formula is C12H12BrClN2O. The first-order valence-corrected chi connectivity index (χ1v) is 6.38. The summed E-state index contributed by atoms with van der Waals surface area (Å²) in [5, 5.41) is 3.99. The normalized spacial score (nSPS) is 10.8. The molecule has 1 aromatic carbocycles. The lowest BCUT2D eigenvalue weighted by Gasteiger charge is -2.05. The Morgan fingerprint density at radius 1 is 1.41 bits per heavy atom. The van der Waals surface area contributed by atoms with E-state index in [4.69, 9.17) is 16.0 Å². The Balaban J connectivity index is 1.90. The van der Waals surface area contributed by atoms with Gasteiger partial charge in [-0.3, -0.25) is 0 Å². The molecule has 0 aliphatic heterocycles. The van der Waals surface area contributed by atoms with Crippen LogP contribution < -0.4 is 5.32 Å². The smallest absolute Gasteiger partial charge is 0.208 e. The highest BCUT2D eigenvalue weighted by Crippen LogP contribution is 2.21. The molecule has 0 spiro atoms. The standard InChI is InChI=1S/C12H12BrClN2O/c1-8-5-16-12(17-8)7-15-6-9-2-3-10(14)4-11(9)13/h2-5,15H,6-7H2,1H3. The molecule has 3 nitrogen and oxygen atoms in total. The highest BCUT2D eigenvalue weighted by Gasteiger charge is 2.02. The Kier molecular flexibility index (Phi) is 4.20. The summed E-state index contributed by atoms with van der Waals surface area (Å²) in [6.45, 7) is 3.23. The second-order valence-corrected chi connectivity index (χ2v) is 4.99. The molecule has 2 rings (SSSR count). The van der Waals surface area contributed by atoms with E-state index in [9.17, 15) is 0 Å². The minimum absolute atomic E-state index is 0.614. The lowest BCUT2D eigenvalue weighted by molar-refractivity contribution is 0.449. The van der Waals surface area contributed by atoms with Gasteiger partial charge in [0.1, 0.15) is 5.76 Å². The number of hydrogen-bond acceptors (Lipinski definition) is 3. The summed E-state index contributed by atoms with van der Waals surface area (Å²) in [5.41, 5.74) is 1.15. The van der Waals surface area contributed by atoms with E-state index in [2.05, 4.69) is 26.2 Å². The third kappa shape index (κ3) is 3.56. The van der Waals surface area contributed by atoms with E-state index < -0.39 is 0 Å². The summed E-state index contributed by atoms with van der Waals surface area (Å²) >= 11 is 9.35. The minimum atomic E-state index is 0.614. The van der Waals surface area contributed by atoms with Crippen molar-refractivity contribution in [3.05, 3.63) is 51.1 Å². The van der Waals surface area contributed by atoms with Crippen LogP contribution in [0.15, 0.2) is 33.3 Å². The van der Waals surface area contributed by atoms with E-state index in [0.29, 0.717) is 12.4 Å². The van der Waals surface area contributed by atoms with Crippen LogP contribution in [-0.4, -0.2) is 4.98 Å². The minimum Gasteiger partial charge on any atom is -0.445 e. The molecular weight excluding hydrogens is 304 g/mol. The Morgan fingerprint density at radius 2 is 2.24 bits per heavy atom. The predicted octanol–water partition coefficient (Wildman–Crippen LogP) is 3.69. The van der Waals surface area contributed by atoms with Gasteiger partial charge < -0.3 is 9.73 Å². The van der Waals surface area contributed by atoms with Crippen molar-refractivity contribution in [3.63, 3.8) is 0 Å². The van der Waals surface area contributed by atoms with E-state index in [0.717, 1.165) is 27.4 Å². The van der Waals surface area contributed by atoms with Gasteiger partial charge in [0, 0.05) is 16.0 Å². The third-order valence-electron chi connectivity index (χ3n) is 2.28. The van der Waals surface area contributed by atoms with Crippen molar-refractivity contribution in [1.82, 2.24) is 10.3 Å². The van der Waals surface area contributed by atoms with E-state index in [1.54, 1.807) is 6.20 Å². The number of rotatable bonds is 4. The Bertz CT molecular complexity index is 513. The quantitative estimate of drug-likeness (QED) is 0.935. The number of halogens is 2. The van der Waals surface area contributed by atoms with Gasteiger partial charge in [0.25, 0.3) is 0 Å².